The van der Waals surface area contributed by atoms with Gasteiger partial charge in [-0.2, -0.15) is 0 Å². The first-order valence-electron chi connectivity index (χ1n) is 9.98. The third-order valence-corrected chi connectivity index (χ3v) is 5.67. The highest BCUT2D eigenvalue weighted by molar-refractivity contribution is 5.48. The van der Waals surface area contributed by atoms with E-state index in [-0.39, 0.29) is 11.5 Å². The molecular weight excluding hydrogens is 344 g/mol. The molecule has 0 unspecified atom stereocenters. The zero-order chi connectivity index (χ0) is 19.4. The van der Waals surface area contributed by atoms with Gasteiger partial charge in [0.25, 0.3) is 0 Å². The Morgan fingerprint density at radius 3 is 2.14 bits per heavy atom. The average Bonchev–Trinajstić information content (AvgIpc) is 3.11. The van der Waals surface area contributed by atoms with E-state index in [0.717, 1.165) is 12.2 Å². The number of benzene rings is 3. The second-order valence-electron chi connectivity index (χ2n) is 7.92. The van der Waals surface area contributed by atoms with Crippen LogP contribution in [0.25, 0.3) is 0 Å². The summed E-state index contributed by atoms with van der Waals surface area (Å²) in [4.78, 5) is 6.25. The molecule has 1 aliphatic rings. The number of hydrogen-bond donors (Lipinski definition) is 1. The van der Waals surface area contributed by atoms with Gasteiger partial charge in [-0.15, -0.1) is 0 Å². The van der Waals surface area contributed by atoms with E-state index in [1.165, 1.54) is 11.1 Å². The molecule has 28 heavy (non-hydrogen) atoms. The number of anilines is 1. The summed E-state index contributed by atoms with van der Waals surface area (Å²) in [6.45, 7) is 6.08. The second kappa shape index (κ2) is 8.17. The normalized spacial score (nSPS) is 22.9. The molecule has 0 saturated carbocycles. The molecule has 144 valence electrons. The lowest BCUT2D eigenvalue weighted by Gasteiger charge is -2.35. The predicted molar refractivity (Wildman–Crippen MR) is 115 cm³/mol. The van der Waals surface area contributed by atoms with E-state index in [4.69, 9.17) is 4.84 Å². The van der Waals surface area contributed by atoms with Crippen molar-refractivity contribution in [2.75, 3.05) is 18.2 Å². The maximum Gasteiger partial charge on any atom is 0.0904 e. The Labute approximate surface area is 167 Å². The number of hydroxylamine groups is 1. The molecule has 3 atom stereocenters. The monoisotopic (exact) mass is 372 g/mol. The fourth-order valence-electron chi connectivity index (χ4n) is 4.02. The van der Waals surface area contributed by atoms with Crippen molar-refractivity contribution < 1.29 is 4.84 Å². The standard InChI is InChI=1S/C25H28N2O/c1-20(21-12-6-3-7-13-21)26-18-25(2)19-28-27(23-16-10-5-11-17-23)24(25)22-14-8-4-9-15-22/h3-17,20,24,26H,18-19H2,1-2H3/t20-,24+,25-/m0/s1. The lowest BCUT2D eigenvalue weighted by atomic mass is 9.79. The van der Waals surface area contributed by atoms with Crippen molar-refractivity contribution in [3.8, 4) is 0 Å². The van der Waals surface area contributed by atoms with Crippen LogP contribution in [0.5, 0.6) is 0 Å². The minimum atomic E-state index is -0.0553. The first-order valence-corrected chi connectivity index (χ1v) is 9.98. The van der Waals surface area contributed by atoms with E-state index in [1.807, 2.05) is 6.07 Å². The number of nitrogens with zero attached hydrogens (tertiary/aromatic N) is 1. The van der Waals surface area contributed by atoms with E-state index in [9.17, 15) is 0 Å². The van der Waals surface area contributed by atoms with Crippen LogP contribution < -0.4 is 10.4 Å². The summed E-state index contributed by atoms with van der Waals surface area (Å²) in [6.07, 6.45) is 0. The van der Waals surface area contributed by atoms with Crippen LogP contribution in [0, 0.1) is 5.41 Å². The van der Waals surface area contributed by atoms with Gasteiger partial charge in [0.15, 0.2) is 0 Å². The number of nitrogens with one attached hydrogen (secondary N) is 1. The van der Waals surface area contributed by atoms with Crippen molar-refractivity contribution in [2.45, 2.75) is 25.9 Å². The van der Waals surface area contributed by atoms with Crippen molar-refractivity contribution in [3.05, 3.63) is 102 Å². The van der Waals surface area contributed by atoms with E-state index in [0.29, 0.717) is 12.6 Å². The number of rotatable bonds is 6. The Morgan fingerprint density at radius 1 is 0.929 bits per heavy atom. The van der Waals surface area contributed by atoms with Crippen molar-refractivity contribution >= 4 is 5.69 Å². The topological polar surface area (TPSA) is 24.5 Å². The second-order valence-corrected chi connectivity index (χ2v) is 7.92. The maximum absolute atomic E-state index is 6.25. The van der Waals surface area contributed by atoms with Crippen LogP contribution in [0.2, 0.25) is 0 Å². The fraction of sp³-hybridized carbons (Fsp3) is 0.280. The summed E-state index contributed by atoms with van der Waals surface area (Å²) in [5.41, 5.74) is 3.62. The molecule has 0 amide bonds. The molecule has 0 aromatic heterocycles. The summed E-state index contributed by atoms with van der Waals surface area (Å²) < 4.78 is 0. The Bertz CT molecular complexity index is 869. The quantitative estimate of drug-likeness (QED) is 0.615. The van der Waals surface area contributed by atoms with Crippen LogP contribution in [0.4, 0.5) is 5.69 Å². The van der Waals surface area contributed by atoms with Gasteiger partial charge in [-0.05, 0) is 30.2 Å². The third kappa shape index (κ3) is 3.82. The van der Waals surface area contributed by atoms with Gasteiger partial charge in [-0.25, -0.2) is 5.06 Å². The predicted octanol–water partition coefficient (Wildman–Crippen LogP) is 5.54. The molecular formula is C25H28N2O. The van der Waals surface area contributed by atoms with Crippen LogP contribution in [0.1, 0.15) is 37.1 Å². The number of hydrogen-bond acceptors (Lipinski definition) is 3. The SMILES string of the molecule is C[C@H](NC[C@@]1(C)CON(c2ccccc2)[C@@H]1c1ccccc1)c1ccccc1. The minimum Gasteiger partial charge on any atom is -0.309 e. The average molecular weight is 373 g/mol. The van der Waals surface area contributed by atoms with E-state index in [1.54, 1.807) is 0 Å². The molecule has 1 fully saturated rings. The van der Waals surface area contributed by atoms with Gasteiger partial charge >= 0.3 is 0 Å². The zero-order valence-electron chi connectivity index (χ0n) is 16.6. The summed E-state index contributed by atoms with van der Waals surface area (Å²) in [5.74, 6) is 0. The molecule has 0 radical (unpaired) electrons. The zero-order valence-corrected chi connectivity index (χ0v) is 16.6. The number of para-hydroxylation sites is 1. The summed E-state index contributed by atoms with van der Waals surface area (Å²) in [6, 6.07) is 32.1. The minimum absolute atomic E-state index is 0.0553. The highest BCUT2D eigenvalue weighted by Crippen LogP contribution is 2.46. The van der Waals surface area contributed by atoms with Gasteiger partial charge in [0.2, 0.25) is 0 Å². The smallest absolute Gasteiger partial charge is 0.0904 e. The van der Waals surface area contributed by atoms with Gasteiger partial charge in [-0.1, -0.05) is 85.8 Å². The van der Waals surface area contributed by atoms with Crippen molar-refractivity contribution in [1.82, 2.24) is 5.32 Å². The van der Waals surface area contributed by atoms with Crippen molar-refractivity contribution in [1.29, 1.82) is 0 Å². The van der Waals surface area contributed by atoms with Gasteiger partial charge < -0.3 is 5.32 Å². The van der Waals surface area contributed by atoms with Crippen LogP contribution in [-0.4, -0.2) is 13.2 Å². The van der Waals surface area contributed by atoms with E-state index in [2.05, 4.69) is 109 Å². The summed E-state index contributed by atoms with van der Waals surface area (Å²) in [7, 11) is 0. The van der Waals surface area contributed by atoms with E-state index < -0.39 is 0 Å². The Morgan fingerprint density at radius 2 is 1.50 bits per heavy atom. The third-order valence-electron chi connectivity index (χ3n) is 5.67. The van der Waals surface area contributed by atoms with Gasteiger partial charge in [0, 0.05) is 18.0 Å². The molecule has 1 aliphatic heterocycles. The molecule has 3 heteroatoms. The molecule has 3 nitrogen and oxygen atoms in total. The molecule has 1 heterocycles. The Kier molecular flexibility index (Phi) is 5.47. The first kappa shape index (κ1) is 18.7. The Balaban J connectivity index is 1.59. The Hall–Kier alpha value is -2.62. The van der Waals surface area contributed by atoms with Crippen molar-refractivity contribution in [2.24, 2.45) is 5.41 Å². The molecule has 3 aromatic rings. The maximum atomic E-state index is 6.25. The fourth-order valence-corrected chi connectivity index (χ4v) is 4.02. The molecule has 1 N–H and O–H groups in total. The lowest BCUT2D eigenvalue weighted by molar-refractivity contribution is 0.136. The molecule has 0 bridgehead atoms. The molecule has 1 saturated heterocycles. The van der Waals surface area contributed by atoms with Crippen LogP contribution in [-0.2, 0) is 4.84 Å². The van der Waals surface area contributed by atoms with Gasteiger partial charge in [-0.3, -0.25) is 4.84 Å². The molecule has 3 aromatic carbocycles. The molecule has 0 spiro atoms. The molecule has 0 aliphatic carbocycles. The van der Waals surface area contributed by atoms with E-state index >= 15 is 0 Å². The van der Waals surface area contributed by atoms with Crippen LogP contribution >= 0.6 is 0 Å². The highest BCUT2D eigenvalue weighted by Gasteiger charge is 2.46. The first-order chi connectivity index (χ1) is 13.7. The molecule has 4 rings (SSSR count). The lowest BCUT2D eigenvalue weighted by Crippen LogP contribution is -2.40. The summed E-state index contributed by atoms with van der Waals surface area (Å²) in [5, 5.41) is 5.83. The van der Waals surface area contributed by atoms with Crippen molar-refractivity contribution in [3.63, 3.8) is 0 Å². The van der Waals surface area contributed by atoms with Gasteiger partial charge in [0.05, 0.1) is 18.3 Å². The van der Waals surface area contributed by atoms with Crippen LogP contribution in [0.15, 0.2) is 91.0 Å². The highest BCUT2D eigenvalue weighted by atomic mass is 16.7. The summed E-state index contributed by atoms with van der Waals surface area (Å²) >= 11 is 0. The largest absolute Gasteiger partial charge is 0.309 e. The van der Waals surface area contributed by atoms with Gasteiger partial charge in [0.1, 0.15) is 0 Å². The van der Waals surface area contributed by atoms with Crippen LogP contribution in [0.3, 0.4) is 0 Å².